The Balaban J connectivity index is 1.38. The van der Waals surface area contributed by atoms with Crippen molar-refractivity contribution in [3.05, 3.63) is 51.5 Å². The van der Waals surface area contributed by atoms with Crippen molar-refractivity contribution in [2.24, 2.45) is 5.92 Å². The summed E-state index contributed by atoms with van der Waals surface area (Å²) in [5, 5.41) is 3.03. The molecule has 1 unspecified atom stereocenters. The quantitative estimate of drug-likeness (QED) is 0.634. The van der Waals surface area contributed by atoms with E-state index in [1.165, 1.54) is 11.0 Å². The first-order valence-electron chi connectivity index (χ1n) is 11.0. The average Bonchev–Trinajstić information content (AvgIpc) is 3.30. The Labute approximate surface area is 190 Å². The van der Waals surface area contributed by atoms with E-state index in [0.29, 0.717) is 25.9 Å². The molecule has 2 aliphatic heterocycles. The highest BCUT2D eigenvalue weighted by Crippen LogP contribution is 2.36. The van der Waals surface area contributed by atoms with Gasteiger partial charge in [-0.15, -0.1) is 11.3 Å². The summed E-state index contributed by atoms with van der Waals surface area (Å²) in [4.78, 5) is 35.0. The number of hydrogen-bond donors (Lipinski definition) is 1. The molecule has 1 N–H and O–H groups in total. The minimum atomic E-state index is -0.867. The molecule has 0 radical (unpaired) electrons. The molecule has 6 nitrogen and oxygen atoms in total. The summed E-state index contributed by atoms with van der Waals surface area (Å²) < 4.78 is 26.7. The summed E-state index contributed by atoms with van der Waals surface area (Å²) in [5.41, 5.74) is 2.58. The van der Waals surface area contributed by atoms with Crippen LogP contribution in [-0.4, -0.2) is 51.9 Å². The Morgan fingerprint density at radius 2 is 1.97 bits per heavy atom. The first-order valence-corrected chi connectivity index (χ1v) is 11.9. The number of imide groups is 1. The summed E-state index contributed by atoms with van der Waals surface area (Å²) in [6.07, 6.45) is 2.67. The number of piperidine rings is 1. The molecule has 4 rings (SSSR count). The number of amides is 3. The number of carbonyl (C=O) groups is 2. The van der Waals surface area contributed by atoms with Gasteiger partial charge in [0.15, 0.2) is 11.6 Å². The Hall–Kier alpha value is -2.39. The third kappa shape index (κ3) is 4.28. The number of halogens is 2. The van der Waals surface area contributed by atoms with Gasteiger partial charge in [-0.05, 0) is 62.9 Å². The van der Waals surface area contributed by atoms with Gasteiger partial charge in [-0.2, -0.15) is 0 Å². The number of benzene rings is 1. The number of thiazole rings is 1. The van der Waals surface area contributed by atoms with Crippen LogP contribution in [0, 0.1) is 24.5 Å². The fourth-order valence-corrected chi connectivity index (χ4v) is 5.68. The standard InChI is InChI=1S/C23H28F2N4O2S/c1-3-23(21(30)29(22(31)27-23)11-8-20-15(2)26-14-32-20)17-6-9-28(10-7-17)13-16-4-5-18(24)19(25)12-16/h4-5,12,14,17H,3,6-11,13H2,1-2H3,(H,27,31). The van der Waals surface area contributed by atoms with E-state index in [4.69, 9.17) is 0 Å². The monoisotopic (exact) mass is 462 g/mol. The fourth-order valence-electron chi connectivity index (χ4n) is 4.91. The van der Waals surface area contributed by atoms with Crippen LogP contribution in [0.4, 0.5) is 13.6 Å². The van der Waals surface area contributed by atoms with E-state index >= 15 is 0 Å². The molecule has 2 fully saturated rings. The van der Waals surface area contributed by atoms with Crippen LogP contribution in [0.5, 0.6) is 0 Å². The van der Waals surface area contributed by atoms with Crippen LogP contribution in [-0.2, 0) is 17.8 Å². The number of carbonyl (C=O) groups excluding carboxylic acids is 2. The maximum Gasteiger partial charge on any atom is 0.325 e. The van der Waals surface area contributed by atoms with Gasteiger partial charge in [0.05, 0.1) is 11.2 Å². The summed E-state index contributed by atoms with van der Waals surface area (Å²) in [5.74, 6) is -1.77. The number of nitrogens with zero attached hydrogens (tertiary/aromatic N) is 3. The van der Waals surface area contributed by atoms with Gasteiger partial charge in [-0.3, -0.25) is 14.6 Å². The lowest BCUT2D eigenvalue weighted by Gasteiger charge is -2.40. The van der Waals surface area contributed by atoms with Crippen LogP contribution >= 0.6 is 11.3 Å². The number of aromatic nitrogens is 1. The lowest BCUT2D eigenvalue weighted by molar-refractivity contribution is -0.134. The summed E-state index contributed by atoms with van der Waals surface area (Å²) >= 11 is 1.54. The van der Waals surface area contributed by atoms with E-state index in [1.54, 1.807) is 22.9 Å². The van der Waals surface area contributed by atoms with E-state index in [9.17, 15) is 18.4 Å². The normalized spacial score (nSPS) is 22.6. The summed E-state index contributed by atoms with van der Waals surface area (Å²) in [6, 6.07) is 3.67. The van der Waals surface area contributed by atoms with E-state index < -0.39 is 17.2 Å². The van der Waals surface area contributed by atoms with Gasteiger partial charge in [0.2, 0.25) is 0 Å². The molecule has 1 aromatic carbocycles. The highest BCUT2D eigenvalue weighted by molar-refractivity contribution is 7.09. The first kappa shape index (κ1) is 22.8. The predicted octanol–water partition coefficient (Wildman–Crippen LogP) is 3.89. The van der Waals surface area contributed by atoms with Gasteiger partial charge < -0.3 is 5.32 Å². The number of rotatable bonds is 7. The van der Waals surface area contributed by atoms with Crippen molar-refractivity contribution < 1.29 is 18.4 Å². The second-order valence-electron chi connectivity index (χ2n) is 8.62. The topological polar surface area (TPSA) is 65.5 Å². The number of nitrogens with one attached hydrogen (secondary N) is 1. The maximum atomic E-state index is 13.5. The fraction of sp³-hybridized carbons (Fsp3) is 0.522. The number of likely N-dealkylation sites (tertiary alicyclic amines) is 1. The van der Waals surface area contributed by atoms with Crippen LogP contribution in [0.1, 0.15) is 42.3 Å². The third-order valence-electron chi connectivity index (χ3n) is 6.84. The highest BCUT2D eigenvalue weighted by Gasteiger charge is 2.54. The Morgan fingerprint density at radius 1 is 1.22 bits per heavy atom. The zero-order chi connectivity index (χ0) is 22.9. The van der Waals surface area contributed by atoms with E-state index in [0.717, 1.165) is 48.1 Å². The molecular weight excluding hydrogens is 434 g/mol. The van der Waals surface area contributed by atoms with Crippen LogP contribution in [0.15, 0.2) is 23.7 Å². The molecule has 2 saturated heterocycles. The predicted molar refractivity (Wildman–Crippen MR) is 118 cm³/mol. The Kier molecular flexibility index (Phi) is 6.57. The van der Waals surface area contributed by atoms with E-state index in [1.807, 2.05) is 13.8 Å². The van der Waals surface area contributed by atoms with Gasteiger partial charge in [-0.1, -0.05) is 13.0 Å². The molecule has 172 valence electrons. The molecule has 1 aromatic heterocycles. The average molecular weight is 463 g/mol. The molecule has 0 spiro atoms. The summed E-state index contributed by atoms with van der Waals surface area (Å²) in [7, 11) is 0. The van der Waals surface area contributed by atoms with Gasteiger partial charge in [0.1, 0.15) is 5.54 Å². The van der Waals surface area contributed by atoms with Crippen molar-refractivity contribution >= 4 is 23.3 Å². The maximum absolute atomic E-state index is 13.5. The minimum Gasteiger partial charge on any atom is -0.323 e. The van der Waals surface area contributed by atoms with Crippen molar-refractivity contribution in [2.75, 3.05) is 19.6 Å². The smallest absolute Gasteiger partial charge is 0.323 e. The van der Waals surface area contributed by atoms with E-state index in [-0.39, 0.29) is 17.9 Å². The van der Waals surface area contributed by atoms with Crippen molar-refractivity contribution in [3.8, 4) is 0 Å². The van der Waals surface area contributed by atoms with Crippen LogP contribution < -0.4 is 5.32 Å². The molecule has 9 heteroatoms. The zero-order valence-electron chi connectivity index (χ0n) is 18.4. The molecule has 32 heavy (non-hydrogen) atoms. The first-order chi connectivity index (χ1) is 15.3. The van der Waals surface area contributed by atoms with Crippen LogP contribution in [0.2, 0.25) is 0 Å². The molecular formula is C23H28F2N4O2S. The minimum absolute atomic E-state index is 0.0419. The molecule has 3 amide bonds. The lowest BCUT2D eigenvalue weighted by Crippen LogP contribution is -2.55. The molecule has 2 aromatic rings. The number of aryl methyl sites for hydroxylation is 1. The Morgan fingerprint density at radius 3 is 2.59 bits per heavy atom. The summed E-state index contributed by atoms with van der Waals surface area (Å²) in [6.45, 7) is 6.22. The lowest BCUT2D eigenvalue weighted by atomic mass is 9.75. The SMILES string of the molecule is CCC1(C2CCN(Cc3ccc(F)c(F)c3)CC2)NC(=O)N(CCc2scnc2C)C1=O. The zero-order valence-corrected chi connectivity index (χ0v) is 19.2. The van der Waals surface area contributed by atoms with Crippen molar-refractivity contribution in [1.82, 2.24) is 20.1 Å². The second-order valence-corrected chi connectivity index (χ2v) is 9.56. The van der Waals surface area contributed by atoms with Gasteiger partial charge in [-0.25, -0.2) is 18.6 Å². The van der Waals surface area contributed by atoms with Crippen LogP contribution in [0.3, 0.4) is 0 Å². The van der Waals surface area contributed by atoms with Crippen molar-refractivity contribution in [1.29, 1.82) is 0 Å². The van der Waals surface area contributed by atoms with E-state index in [2.05, 4.69) is 15.2 Å². The van der Waals surface area contributed by atoms with Gasteiger partial charge >= 0.3 is 6.03 Å². The largest absolute Gasteiger partial charge is 0.325 e. The van der Waals surface area contributed by atoms with Gasteiger partial charge in [0, 0.05) is 24.4 Å². The van der Waals surface area contributed by atoms with Crippen molar-refractivity contribution in [2.45, 2.75) is 51.6 Å². The molecule has 0 bridgehead atoms. The van der Waals surface area contributed by atoms with Crippen molar-refractivity contribution in [3.63, 3.8) is 0 Å². The van der Waals surface area contributed by atoms with Gasteiger partial charge in [0.25, 0.3) is 5.91 Å². The molecule has 1 atom stereocenters. The number of hydrogen-bond acceptors (Lipinski definition) is 5. The third-order valence-corrected chi connectivity index (χ3v) is 7.84. The Bertz CT molecular complexity index is 1010. The molecule has 0 aliphatic carbocycles. The molecule has 3 heterocycles. The van der Waals surface area contributed by atoms with Crippen LogP contribution in [0.25, 0.3) is 0 Å². The second kappa shape index (κ2) is 9.23. The molecule has 2 aliphatic rings. The number of urea groups is 1. The highest BCUT2D eigenvalue weighted by atomic mass is 32.1. The molecule has 0 saturated carbocycles.